The molecule has 1 aliphatic carbocycles. The Labute approximate surface area is 151 Å². The van der Waals surface area contributed by atoms with Gasteiger partial charge in [-0.2, -0.15) is 10.2 Å². The van der Waals surface area contributed by atoms with Crippen molar-refractivity contribution in [2.75, 3.05) is 10.6 Å². The smallest absolute Gasteiger partial charge is 0.155 e. The van der Waals surface area contributed by atoms with Gasteiger partial charge in [-0.3, -0.25) is 0 Å². The van der Waals surface area contributed by atoms with Gasteiger partial charge in [-0.1, -0.05) is 18.9 Å². The van der Waals surface area contributed by atoms with Crippen LogP contribution in [0.15, 0.2) is 48.9 Å². The second kappa shape index (κ2) is 7.49. The number of rotatable bonds is 5. The first kappa shape index (κ1) is 16.5. The number of anilines is 3. The van der Waals surface area contributed by atoms with Crippen LogP contribution < -0.4 is 16.4 Å². The van der Waals surface area contributed by atoms with Crippen molar-refractivity contribution in [3.63, 3.8) is 0 Å². The van der Waals surface area contributed by atoms with E-state index < -0.39 is 0 Å². The number of nitrogens with zero attached hydrogens (tertiary/aromatic N) is 5. The van der Waals surface area contributed by atoms with Crippen LogP contribution in [0.25, 0.3) is 5.82 Å². The van der Waals surface area contributed by atoms with E-state index in [9.17, 15) is 0 Å². The lowest BCUT2D eigenvalue weighted by molar-refractivity contribution is 0.403. The van der Waals surface area contributed by atoms with Gasteiger partial charge in [0.1, 0.15) is 5.82 Å². The molecule has 3 aromatic rings. The van der Waals surface area contributed by atoms with Crippen LogP contribution in [0.3, 0.4) is 0 Å². The van der Waals surface area contributed by atoms with Gasteiger partial charge in [0.05, 0.1) is 11.9 Å². The van der Waals surface area contributed by atoms with E-state index in [1.54, 1.807) is 17.1 Å². The van der Waals surface area contributed by atoms with E-state index in [-0.39, 0.29) is 12.1 Å². The van der Waals surface area contributed by atoms with Crippen LogP contribution in [-0.2, 0) is 0 Å². The fourth-order valence-corrected chi connectivity index (χ4v) is 3.21. The predicted octanol–water partition coefficient (Wildman–Crippen LogP) is 2.48. The van der Waals surface area contributed by atoms with E-state index in [1.807, 2.05) is 36.5 Å². The minimum atomic E-state index is 0.162. The zero-order valence-electron chi connectivity index (χ0n) is 14.4. The summed E-state index contributed by atoms with van der Waals surface area (Å²) in [6.07, 6.45) is 9.76. The summed E-state index contributed by atoms with van der Waals surface area (Å²) in [7, 11) is 0. The Balaban J connectivity index is 1.48. The van der Waals surface area contributed by atoms with Gasteiger partial charge < -0.3 is 16.4 Å². The van der Waals surface area contributed by atoms with E-state index in [0.717, 1.165) is 30.2 Å². The summed E-state index contributed by atoms with van der Waals surface area (Å²) in [5.74, 6) is 2.18. The fourth-order valence-electron chi connectivity index (χ4n) is 3.21. The topological polar surface area (TPSA) is 107 Å². The molecule has 3 aromatic heterocycles. The molecule has 134 valence electrons. The second-order valence-corrected chi connectivity index (χ2v) is 6.49. The van der Waals surface area contributed by atoms with Gasteiger partial charge in [0.15, 0.2) is 11.6 Å². The van der Waals surface area contributed by atoms with E-state index in [1.165, 1.54) is 12.8 Å². The van der Waals surface area contributed by atoms with E-state index in [0.29, 0.717) is 5.82 Å². The van der Waals surface area contributed by atoms with Crippen LogP contribution in [0.1, 0.15) is 25.7 Å². The molecule has 1 aliphatic rings. The number of nitrogens with two attached hydrogens (primary N) is 1. The lowest BCUT2D eigenvalue weighted by Crippen LogP contribution is -2.42. The van der Waals surface area contributed by atoms with Gasteiger partial charge in [-0.25, -0.2) is 9.67 Å². The Morgan fingerprint density at radius 3 is 2.88 bits per heavy atom. The number of hydrogen-bond donors (Lipinski definition) is 3. The largest absolute Gasteiger partial charge is 0.364 e. The number of nitrogens with one attached hydrogen (secondary N) is 2. The van der Waals surface area contributed by atoms with E-state index in [4.69, 9.17) is 5.73 Å². The molecule has 1 saturated carbocycles. The van der Waals surface area contributed by atoms with Crippen LogP contribution >= 0.6 is 0 Å². The molecule has 4 rings (SSSR count). The highest BCUT2D eigenvalue weighted by Gasteiger charge is 2.21. The van der Waals surface area contributed by atoms with E-state index in [2.05, 4.69) is 30.9 Å². The minimum absolute atomic E-state index is 0.162. The van der Waals surface area contributed by atoms with Gasteiger partial charge in [0.25, 0.3) is 0 Å². The zero-order chi connectivity index (χ0) is 17.8. The molecule has 8 nitrogen and oxygen atoms in total. The summed E-state index contributed by atoms with van der Waals surface area (Å²) in [4.78, 5) is 4.57. The Kier molecular flexibility index (Phi) is 4.74. The van der Waals surface area contributed by atoms with Crippen molar-refractivity contribution in [2.45, 2.75) is 37.8 Å². The van der Waals surface area contributed by atoms with Crippen molar-refractivity contribution in [1.82, 2.24) is 25.0 Å². The van der Waals surface area contributed by atoms with Crippen LogP contribution in [-0.4, -0.2) is 37.0 Å². The van der Waals surface area contributed by atoms with Crippen LogP contribution in [0, 0.1) is 0 Å². The standard InChI is InChI=1S/C18H22N8/c19-14-5-1-2-6-15(14)23-17-11-13(12-20-25-17)22-16-7-3-8-18(24-16)26-10-4-9-21-26/h3-4,7-12,14-15H,1-2,5-6,19H2,(H2,22,23,24,25)/t14-,15+/m0/s1. The number of aromatic nitrogens is 5. The van der Waals surface area contributed by atoms with Gasteiger partial charge in [0.2, 0.25) is 0 Å². The third-order valence-electron chi connectivity index (χ3n) is 4.55. The maximum absolute atomic E-state index is 6.21. The second-order valence-electron chi connectivity index (χ2n) is 6.49. The third kappa shape index (κ3) is 3.80. The lowest BCUT2D eigenvalue weighted by atomic mass is 9.91. The Bertz CT molecular complexity index is 848. The molecule has 0 spiro atoms. The third-order valence-corrected chi connectivity index (χ3v) is 4.55. The van der Waals surface area contributed by atoms with Crippen molar-refractivity contribution >= 4 is 17.3 Å². The van der Waals surface area contributed by atoms with Crippen molar-refractivity contribution in [3.05, 3.63) is 48.9 Å². The molecular formula is C18H22N8. The molecule has 0 saturated heterocycles. The monoisotopic (exact) mass is 350 g/mol. The highest BCUT2D eigenvalue weighted by molar-refractivity contribution is 5.59. The average molecular weight is 350 g/mol. The summed E-state index contributed by atoms with van der Waals surface area (Å²) < 4.78 is 1.72. The van der Waals surface area contributed by atoms with Crippen LogP contribution in [0.5, 0.6) is 0 Å². The molecule has 0 aliphatic heterocycles. The van der Waals surface area contributed by atoms with Crippen molar-refractivity contribution in [3.8, 4) is 5.82 Å². The molecular weight excluding hydrogens is 328 g/mol. The van der Waals surface area contributed by atoms with Gasteiger partial charge >= 0.3 is 0 Å². The number of hydrogen-bond acceptors (Lipinski definition) is 7. The molecule has 0 bridgehead atoms. The highest BCUT2D eigenvalue weighted by Crippen LogP contribution is 2.22. The Hall–Kier alpha value is -3.00. The lowest BCUT2D eigenvalue weighted by Gasteiger charge is -2.29. The van der Waals surface area contributed by atoms with E-state index >= 15 is 0 Å². The Morgan fingerprint density at radius 2 is 2.04 bits per heavy atom. The molecule has 4 N–H and O–H groups in total. The fraction of sp³-hybridized carbons (Fsp3) is 0.333. The molecule has 26 heavy (non-hydrogen) atoms. The first-order valence-corrected chi connectivity index (χ1v) is 8.87. The molecule has 8 heteroatoms. The molecule has 2 atom stereocenters. The summed E-state index contributed by atoms with van der Waals surface area (Å²) >= 11 is 0. The summed E-state index contributed by atoms with van der Waals surface area (Å²) in [5, 5.41) is 19.1. The van der Waals surface area contributed by atoms with Crippen molar-refractivity contribution in [2.24, 2.45) is 5.73 Å². The molecule has 0 unspecified atom stereocenters. The Morgan fingerprint density at radius 1 is 1.12 bits per heavy atom. The van der Waals surface area contributed by atoms with Gasteiger partial charge in [-0.15, -0.1) is 5.10 Å². The first-order valence-electron chi connectivity index (χ1n) is 8.87. The van der Waals surface area contributed by atoms with Crippen molar-refractivity contribution in [1.29, 1.82) is 0 Å². The van der Waals surface area contributed by atoms with Gasteiger partial charge in [-0.05, 0) is 31.0 Å². The minimum Gasteiger partial charge on any atom is -0.364 e. The predicted molar refractivity (Wildman–Crippen MR) is 101 cm³/mol. The maximum Gasteiger partial charge on any atom is 0.155 e. The number of pyridine rings is 1. The molecule has 0 aromatic carbocycles. The van der Waals surface area contributed by atoms with Crippen LogP contribution in [0.4, 0.5) is 17.3 Å². The van der Waals surface area contributed by atoms with Gasteiger partial charge in [0, 0.05) is 30.5 Å². The molecule has 0 amide bonds. The summed E-state index contributed by atoms with van der Waals surface area (Å²) in [6, 6.07) is 9.93. The summed E-state index contributed by atoms with van der Waals surface area (Å²) in [6.45, 7) is 0. The van der Waals surface area contributed by atoms with Crippen molar-refractivity contribution < 1.29 is 0 Å². The molecule has 1 fully saturated rings. The SMILES string of the molecule is N[C@H]1CCCC[C@H]1Nc1cc(Nc2cccc(-n3cccn3)n2)cnn1. The maximum atomic E-state index is 6.21. The first-order chi connectivity index (χ1) is 12.8. The average Bonchev–Trinajstić information content (AvgIpc) is 3.19. The normalized spacial score (nSPS) is 19.9. The summed E-state index contributed by atoms with van der Waals surface area (Å²) in [5.41, 5.74) is 7.02. The molecule has 0 radical (unpaired) electrons. The van der Waals surface area contributed by atoms with Crippen LogP contribution in [0.2, 0.25) is 0 Å². The molecule has 3 heterocycles. The quantitative estimate of drug-likeness (QED) is 0.649. The highest BCUT2D eigenvalue weighted by atomic mass is 15.3. The zero-order valence-corrected chi connectivity index (χ0v) is 14.4.